The number of nitrogens with zero attached hydrogens (tertiary/aromatic N) is 1. The number of methoxy groups -OCH3 is 1. The third-order valence-corrected chi connectivity index (χ3v) is 9.70. The summed E-state index contributed by atoms with van der Waals surface area (Å²) in [6, 6.07) is 12.4. The summed E-state index contributed by atoms with van der Waals surface area (Å²) < 4.78 is 22.1. The van der Waals surface area contributed by atoms with Crippen LogP contribution in [-0.2, 0) is 27.2 Å². The molecular weight excluding hydrogens is 685 g/mol. The predicted molar refractivity (Wildman–Crippen MR) is 197 cm³/mol. The molecule has 0 spiro atoms. The van der Waals surface area contributed by atoms with Crippen molar-refractivity contribution in [1.29, 1.82) is 0 Å². The molecule has 1 saturated heterocycles. The van der Waals surface area contributed by atoms with Crippen LogP contribution in [0.5, 0.6) is 5.75 Å². The number of aromatic nitrogens is 1. The first-order valence-corrected chi connectivity index (χ1v) is 17.9. The minimum absolute atomic E-state index is 0.0313. The van der Waals surface area contributed by atoms with Gasteiger partial charge in [-0.05, 0) is 99.0 Å². The van der Waals surface area contributed by atoms with E-state index in [1.807, 2.05) is 31.4 Å². The normalized spacial score (nSPS) is 15.0. The molecule has 2 aliphatic heterocycles. The highest BCUT2D eigenvalue weighted by atomic mass is 32.1. The average Bonchev–Trinajstić information content (AvgIpc) is 3.76. The van der Waals surface area contributed by atoms with Gasteiger partial charge in [0, 0.05) is 52.4 Å². The maximum absolute atomic E-state index is 14.5. The first-order valence-electron chi connectivity index (χ1n) is 17.1. The Labute approximate surface area is 306 Å². The lowest BCUT2D eigenvalue weighted by atomic mass is 9.93. The van der Waals surface area contributed by atoms with Gasteiger partial charge in [0.15, 0.2) is 5.69 Å². The highest BCUT2D eigenvalue weighted by molar-refractivity contribution is 7.13. The molecule has 4 aromatic rings. The van der Waals surface area contributed by atoms with E-state index in [1.165, 1.54) is 13.2 Å². The van der Waals surface area contributed by atoms with Gasteiger partial charge >= 0.3 is 12.1 Å². The number of carbonyl (C=O) groups is 4. The van der Waals surface area contributed by atoms with Crippen LogP contribution in [0.1, 0.15) is 80.8 Å². The fraction of sp³-hybridized carbons (Fsp3) is 0.359. The van der Waals surface area contributed by atoms with Gasteiger partial charge < -0.3 is 34.9 Å². The molecule has 3 N–H and O–H groups in total. The van der Waals surface area contributed by atoms with Crippen molar-refractivity contribution < 1.29 is 38.1 Å². The molecular formula is C39H42N4O8S. The molecule has 272 valence electrons. The number of amides is 3. The Balaban J connectivity index is 1.39. The Morgan fingerprint density at radius 3 is 2.42 bits per heavy atom. The standard InChI is InChI=1S/C39H42N4O8S/c1-21-15-23(19-40-38(47)51-39(3,4)5)16-22(2)32(21)43-35(44)28-17-29-31(50-13-9-24-11-14-52-34(24)29)18-27(28)26-7-8-30(42-33(26)37(46)48-6)36(45)41-25-10-12-49-20-25/h7-8,11,14-18,25H,9-10,12-13,19-20H2,1-6H3,(H,40,47)(H,41,45)(H,43,44)/t25-/m1/s1. The summed E-state index contributed by atoms with van der Waals surface area (Å²) >= 11 is 1.56. The van der Waals surface area contributed by atoms with E-state index < -0.39 is 29.5 Å². The quantitative estimate of drug-likeness (QED) is 0.170. The monoisotopic (exact) mass is 726 g/mol. The molecule has 0 bridgehead atoms. The number of hydrogen-bond acceptors (Lipinski definition) is 10. The summed E-state index contributed by atoms with van der Waals surface area (Å²) in [5.41, 5.74) is 5.14. The minimum Gasteiger partial charge on any atom is -0.493 e. The van der Waals surface area contributed by atoms with E-state index in [2.05, 4.69) is 27.0 Å². The number of ether oxygens (including phenoxy) is 4. The van der Waals surface area contributed by atoms with Crippen LogP contribution < -0.4 is 20.7 Å². The van der Waals surface area contributed by atoms with Crippen molar-refractivity contribution >= 4 is 40.9 Å². The van der Waals surface area contributed by atoms with Gasteiger partial charge in [-0.3, -0.25) is 9.59 Å². The molecule has 0 radical (unpaired) electrons. The van der Waals surface area contributed by atoms with Gasteiger partial charge in [-0.15, -0.1) is 11.3 Å². The Morgan fingerprint density at radius 2 is 1.73 bits per heavy atom. The molecule has 1 fully saturated rings. The molecule has 0 aliphatic carbocycles. The number of anilines is 1. The van der Waals surface area contributed by atoms with E-state index in [0.29, 0.717) is 55.2 Å². The number of aryl methyl sites for hydroxylation is 2. The van der Waals surface area contributed by atoms with Crippen molar-refractivity contribution in [2.24, 2.45) is 0 Å². The summed E-state index contributed by atoms with van der Waals surface area (Å²) in [4.78, 5) is 58.6. The van der Waals surface area contributed by atoms with Crippen molar-refractivity contribution in [3.05, 3.63) is 87.0 Å². The number of rotatable bonds is 8. The lowest BCUT2D eigenvalue weighted by Gasteiger charge is -2.20. The second kappa shape index (κ2) is 15.1. The number of hydrogen-bond donors (Lipinski definition) is 3. The van der Waals surface area contributed by atoms with Crippen LogP contribution in [0.4, 0.5) is 10.5 Å². The fourth-order valence-corrected chi connectivity index (χ4v) is 7.29. The Morgan fingerprint density at radius 1 is 0.962 bits per heavy atom. The lowest BCUT2D eigenvalue weighted by molar-refractivity contribution is 0.0522. The number of fused-ring (bicyclic) bond motifs is 3. The highest BCUT2D eigenvalue weighted by Crippen LogP contribution is 2.43. The number of benzene rings is 2. The largest absolute Gasteiger partial charge is 0.493 e. The second-order valence-corrected chi connectivity index (χ2v) is 14.7. The Hall–Kier alpha value is -5.27. The fourth-order valence-electron chi connectivity index (χ4n) is 6.31. The molecule has 6 rings (SSSR count). The molecule has 2 aromatic carbocycles. The number of alkyl carbamates (subject to hydrolysis) is 1. The summed E-state index contributed by atoms with van der Waals surface area (Å²) in [6.07, 6.45) is 0.854. The van der Waals surface area contributed by atoms with Gasteiger partial charge in [-0.2, -0.15) is 0 Å². The summed E-state index contributed by atoms with van der Waals surface area (Å²) in [7, 11) is 1.24. The van der Waals surface area contributed by atoms with Crippen LogP contribution in [0.15, 0.2) is 47.8 Å². The molecule has 3 amide bonds. The van der Waals surface area contributed by atoms with E-state index in [4.69, 9.17) is 18.9 Å². The number of esters is 1. The van der Waals surface area contributed by atoms with E-state index in [-0.39, 0.29) is 29.5 Å². The Bertz CT molecular complexity index is 2020. The third-order valence-electron chi connectivity index (χ3n) is 8.71. The molecule has 13 heteroatoms. The number of thiophene rings is 1. The lowest BCUT2D eigenvalue weighted by Crippen LogP contribution is -2.35. The minimum atomic E-state index is -0.765. The van der Waals surface area contributed by atoms with Crippen molar-refractivity contribution in [2.75, 3.05) is 32.2 Å². The van der Waals surface area contributed by atoms with Crippen molar-refractivity contribution in [3.63, 3.8) is 0 Å². The van der Waals surface area contributed by atoms with Crippen LogP contribution in [0.3, 0.4) is 0 Å². The van der Waals surface area contributed by atoms with Crippen LogP contribution in [0, 0.1) is 13.8 Å². The predicted octanol–water partition coefficient (Wildman–Crippen LogP) is 6.61. The molecule has 52 heavy (non-hydrogen) atoms. The van der Waals surface area contributed by atoms with Gasteiger partial charge in [0.05, 0.1) is 26.4 Å². The molecule has 4 heterocycles. The molecule has 1 atom stereocenters. The van der Waals surface area contributed by atoms with Crippen LogP contribution >= 0.6 is 11.3 Å². The van der Waals surface area contributed by atoms with Gasteiger partial charge in [0.2, 0.25) is 0 Å². The SMILES string of the molecule is COC(=O)c1nc(C(=O)N[C@@H]2CCOC2)ccc1-c1cc2c(cc1C(=O)Nc1c(C)cc(CNC(=O)OC(C)(C)C)cc1C)-c1sccc1CCO2. The zero-order valence-corrected chi connectivity index (χ0v) is 30.9. The molecule has 0 saturated carbocycles. The number of carbonyl (C=O) groups excluding carboxylic acids is 4. The van der Waals surface area contributed by atoms with Gasteiger partial charge in [0.1, 0.15) is 17.0 Å². The van der Waals surface area contributed by atoms with Gasteiger partial charge in [-0.1, -0.05) is 12.1 Å². The van der Waals surface area contributed by atoms with E-state index in [1.54, 1.807) is 50.3 Å². The zero-order valence-electron chi connectivity index (χ0n) is 30.1. The van der Waals surface area contributed by atoms with Crippen molar-refractivity contribution in [3.8, 4) is 27.3 Å². The Kier molecular flexibility index (Phi) is 10.6. The highest BCUT2D eigenvalue weighted by Gasteiger charge is 2.28. The average molecular weight is 727 g/mol. The van der Waals surface area contributed by atoms with Crippen LogP contribution in [-0.4, -0.2) is 67.4 Å². The van der Waals surface area contributed by atoms with Gasteiger partial charge in [-0.25, -0.2) is 14.6 Å². The molecule has 2 aromatic heterocycles. The summed E-state index contributed by atoms with van der Waals surface area (Å²) in [6.45, 7) is 10.8. The first-order chi connectivity index (χ1) is 24.8. The van der Waals surface area contributed by atoms with E-state index in [0.717, 1.165) is 32.7 Å². The summed E-state index contributed by atoms with van der Waals surface area (Å²) in [5, 5.41) is 10.8. The van der Waals surface area contributed by atoms with E-state index >= 15 is 0 Å². The summed E-state index contributed by atoms with van der Waals surface area (Å²) in [5.74, 6) is -1.08. The van der Waals surface area contributed by atoms with Gasteiger partial charge in [0.25, 0.3) is 11.8 Å². The topological polar surface area (TPSA) is 154 Å². The third kappa shape index (κ3) is 8.11. The van der Waals surface area contributed by atoms with Crippen LogP contribution in [0.25, 0.3) is 21.6 Å². The maximum atomic E-state index is 14.5. The first kappa shape index (κ1) is 36.5. The number of nitrogens with one attached hydrogen (secondary N) is 3. The molecule has 2 aliphatic rings. The zero-order chi connectivity index (χ0) is 37.2. The second-order valence-electron chi connectivity index (χ2n) is 13.8. The van der Waals surface area contributed by atoms with Crippen molar-refractivity contribution in [1.82, 2.24) is 15.6 Å². The van der Waals surface area contributed by atoms with Crippen LogP contribution in [0.2, 0.25) is 0 Å². The number of pyridine rings is 1. The van der Waals surface area contributed by atoms with E-state index in [9.17, 15) is 19.2 Å². The smallest absolute Gasteiger partial charge is 0.407 e. The molecule has 0 unspecified atom stereocenters. The molecule has 12 nitrogen and oxygen atoms in total. The maximum Gasteiger partial charge on any atom is 0.407 e. The van der Waals surface area contributed by atoms with Crippen molar-refractivity contribution in [2.45, 2.75) is 65.6 Å².